The number of ketones is 1. The molecule has 1 unspecified atom stereocenters. The van der Waals surface area contributed by atoms with Gasteiger partial charge in [0.05, 0.1) is 17.6 Å². The molecule has 6 nitrogen and oxygen atoms in total. The molecule has 3 aromatic rings. The predicted molar refractivity (Wildman–Crippen MR) is 116 cm³/mol. The van der Waals surface area contributed by atoms with Gasteiger partial charge in [-0.1, -0.05) is 23.7 Å². The number of nitrogens with one attached hydrogen (secondary N) is 1. The molecule has 156 valence electrons. The van der Waals surface area contributed by atoms with E-state index in [0.717, 1.165) is 36.1 Å². The normalized spacial score (nSPS) is 16.1. The van der Waals surface area contributed by atoms with Crippen molar-refractivity contribution in [2.45, 2.75) is 38.3 Å². The van der Waals surface area contributed by atoms with E-state index >= 15 is 0 Å². The monoisotopic (exact) mass is 425 g/mol. The smallest absolute Gasteiger partial charge is 0.249 e. The highest BCUT2D eigenvalue weighted by atomic mass is 35.5. The molecule has 0 saturated carbocycles. The molecule has 1 aromatic heterocycles. The minimum absolute atomic E-state index is 0.00255. The number of hydrogen-bond donors (Lipinski definition) is 1. The standard InChI is InChI=1S/C23H24ClN3O3/c24-17-11-9-16(10-12-17)20(28)15-27-19-6-2-1-5-18(19)26-22(27)8-3-13-25-23(29)21-7-4-14-30-21/h1-2,5-6,9-12,21H,3-4,7-8,13-15H2,(H,25,29). The molecule has 1 aliphatic rings. The number of fused-ring (bicyclic) bond motifs is 1. The second-order valence-electron chi connectivity index (χ2n) is 7.43. The predicted octanol–water partition coefficient (Wildman–Crippen LogP) is 3.80. The summed E-state index contributed by atoms with van der Waals surface area (Å²) in [6.07, 6.45) is 2.80. The van der Waals surface area contributed by atoms with E-state index in [9.17, 15) is 9.59 Å². The van der Waals surface area contributed by atoms with Gasteiger partial charge in [-0.05, 0) is 55.7 Å². The first-order valence-electron chi connectivity index (χ1n) is 10.2. The number of carbonyl (C=O) groups excluding carboxylic acids is 2. The van der Waals surface area contributed by atoms with Gasteiger partial charge in [0.2, 0.25) is 5.91 Å². The number of halogens is 1. The molecule has 0 spiro atoms. The van der Waals surface area contributed by atoms with Crippen LogP contribution in [-0.2, 0) is 22.5 Å². The van der Waals surface area contributed by atoms with E-state index in [1.807, 2.05) is 28.8 Å². The van der Waals surface area contributed by atoms with Crippen molar-refractivity contribution in [1.29, 1.82) is 0 Å². The maximum absolute atomic E-state index is 12.8. The molecule has 1 aliphatic heterocycles. The van der Waals surface area contributed by atoms with Crippen LogP contribution >= 0.6 is 11.6 Å². The Balaban J connectivity index is 1.44. The van der Waals surface area contributed by atoms with Crippen LogP contribution < -0.4 is 5.32 Å². The molecule has 0 aliphatic carbocycles. The van der Waals surface area contributed by atoms with Crippen LogP contribution in [0.4, 0.5) is 0 Å². The second kappa shape index (κ2) is 9.41. The zero-order valence-corrected chi connectivity index (χ0v) is 17.4. The number of amides is 1. The van der Waals surface area contributed by atoms with E-state index in [1.165, 1.54) is 0 Å². The topological polar surface area (TPSA) is 73.2 Å². The van der Waals surface area contributed by atoms with Gasteiger partial charge in [0.15, 0.2) is 5.78 Å². The molecule has 7 heteroatoms. The van der Waals surface area contributed by atoms with Crippen LogP contribution in [0.25, 0.3) is 11.0 Å². The molecular formula is C23H24ClN3O3. The van der Waals surface area contributed by atoms with Crippen molar-refractivity contribution in [2.24, 2.45) is 0 Å². The lowest BCUT2D eigenvalue weighted by atomic mass is 10.1. The number of para-hydroxylation sites is 2. The fraction of sp³-hybridized carbons (Fsp3) is 0.348. The summed E-state index contributed by atoms with van der Waals surface area (Å²) in [5.41, 5.74) is 2.41. The van der Waals surface area contributed by atoms with Gasteiger partial charge in [-0.25, -0.2) is 4.98 Å². The number of aryl methyl sites for hydroxylation is 1. The van der Waals surface area contributed by atoms with Gasteiger partial charge in [0.25, 0.3) is 0 Å². The summed E-state index contributed by atoms with van der Waals surface area (Å²) in [4.78, 5) is 29.6. The molecule has 2 aromatic carbocycles. The lowest BCUT2D eigenvalue weighted by Gasteiger charge is -2.11. The Morgan fingerprint density at radius 3 is 2.73 bits per heavy atom. The average Bonchev–Trinajstić information content (AvgIpc) is 3.40. The van der Waals surface area contributed by atoms with E-state index in [2.05, 4.69) is 5.32 Å². The first-order valence-corrected chi connectivity index (χ1v) is 10.6. The van der Waals surface area contributed by atoms with Crippen LogP contribution in [0.5, 0.6) is 0 Å². The van der Waals surface area contributed by atoms with Crippen molar-refractivity contribution >= 4 is 34.3 Å². The third-order valence-corrected chi connectivity index (χ3v) is 5.55. The minimum atomic E-state index is -0.313. The van der Waals surface area contributed by atoms with E-state index in [-0.39, 0.29) is 24.3 Å². The Morgan fingerprint density at radius 2 is 1.97 bits per heavy atom. The highest BCUT2D eigenvalue weighted by Gasteiger charge is 2.23. The number of imidazole rings is 1. The van der Waals surface area contributed by atoms with E-state index in [4.69, 9.17) is 21.3 Å². The Hall–Kier alpha value is -2.70. The zero-order valence-electron chi connectivity index (χ0n) is 16.6. The summed E-state index contributed by atoms with van der Waals surface area (Å²) in [7, 11) is 0. The number of rotatable bonds is 8. The molecule has 2 heterocycles. The zero-order chi connectivity index (χ0) is 20.9. The number of hydrogen-bond acceptors (Lipinski definition) is 4. The highest BCUT2D eigenvalue weighted by molar-refractivity contribution is 6.30. The largest absolute Gasteiger partial charge is 0.368 e. The Bertz CT molecular complexity index is 1040. The SMILES string of the molecule is O=C(Cn1c(CCCNC(=O)C2CCCO2)nc2ccccc21)c1ccc(Cl)cc1. The highest BCUT2D eigenvalue weighted by Crippen LogP contribution is 2.19. The maximum atomic E-state index is 12.8. The van der Waals surface area contributed by atoms with Crippen LogP contribution in [0.2, 0.25) is 5.02 Å². The van der Waals surface area contributed by atoms with Crippen molar-refractivity contribution in [1.82, 2.24) is 14.9 Å². The van der Waals surface area contributed by atoms with Gasteiger partial charge in [0, 0.05) is 30.2 Å². The molecule has 30 heavy (non-hydrogen) atoms. The van der Waals surface area contributed by atoms with Crippen LogP contribution in [0.1, 0.15) is 35.4 Å². The van der Waals surface area contributed by atoms with Crippen LogP contribution in [0, 0.1) is 0 Å². The molecule has 1 amide bonds. The summed E-state index contributed by atoms with van der Waals surface area (Å²) in [5, 5.41) is 3.54. The van der Waals surface area contributed by atoms with Crippen molar-refractivity contribution in [3.8, 4) is 0 Å². The minimum Gasteiger partial charge on any atom is -0.368 e. The van der Waals surface area contributed by atoms with Crippen LogP contribution in [0.3, 0.4) is 0 Å². The van der Waals surface area contributed by atoms with Gasteiger partial charge in [-0.3, -0.25) is 9.59 Å². The Morgan fingerprint density at radius 1 is 1.17 bits per heavy atom. The molecule has 1 fully saturated rings. The van der Waals surface area contributed by atoms with E-state index < -0.39 is 0 Å². The second-order valence-corrected chi connectivity index (χ2v) is 7.87. The number of carbonyl (C=O) groups is 2. The molecule has 1 saturated heterocycles. The van der Waals surface area contributed by atoms with Gasteiger partial charge >= 0.3 is 0 Å². The first kappa shape index (κ1) is 20.6. The fourth-order valence-corrected chi connectivity index (χ4v) is 3.85. The number of aromatic nitrogens is 2. The quantitative estimate of drug-likeness (QED) is 0.440. The fourth-order valence-electron chi connectivity index (χ4n) is 3.72. The molecule has 0 radical (unpaired) electrons. The van der Waals surface area contributed by atoms with Crippen molar-refractivity contribution in [2.75, 3.05) is 13.2 Å². The van der Waals surface area contributed by atoms with Crippen LogP contribution in [0.15, 0.2) is 48.5 Å². The number of nitrogens with zero attached hydrogens (tertiary/aromatic N) is 2. The number of Topliss-reactive ketones (excluding diaryl/α,β-unsaturated/α-hetero) is 1. The summed E-state index contributed by atoms with van der Waals surface area (Å²) in [6.45, 7) is 1.41. The van der Waals surface area contributed by atoms with Gasteiger partial charge < -0.3 is 14.6 Å². The van der Waals surface area contributed by atoms with Gasteiger partial charge in [-0.2, -0.15) is 0 Å². The van der Waals surface area contributed by atoms with Gasteiger partial charge in [0.1, 0.15) is 11.9 Å². The first-order chi connectivity index (χ1) is 14.6. The molecule has 1 N–H and O–H groups in total. The summed E-state index contributed by atoms with van der Waals surface area (Å²) >= 11 is 5.93. The van der Waals surface area contributed by atoms with E-state index in [1.54, 1.807) is 24.3 Å². The van der Waals surface area contributed by atoms with Crippen molar-refractivity contribution in [3.05, 3.63) is 64.9 Å². The van der Waals surface area contributed by atoms with Crippen LogP contribution in [-0.4, -0.2) is 40.5 Å². The number of ether oxygens (including phenoxy) is 1. The molecule has 4 rings (SSSR count). The van der Waals surface area contributed by atoms with Crippen molar-refractivity contribution in [3.63, 3.8) is 0 Å². The molecule has 1 atom stereocenters. The number of benzene rings is 2. The third-order valence-electron chi connectivity index (χ3n) is 5.30. The summed E-state index contributed by atoms with van der Waals surface area (Å²) < 4.78 is 7.37. The lowest BCUT2D eigenvalue weighted by Crippen LogP contribution is -2.34. The molecular weight excluding hydrogens is 402 g/mol. The molecule has 0 bridgehead atoms. The average molecular weight is 426 g/mol. The maximum Gasteiger partial charge on any atom is 0.249 e. The van der Waals surface area contributed by atoms with Gasteiger partial charge in [-0.15, -0.1) is 0 Å². The summed E-state index contributed by atoms with van der Waals surface area (Å²) in [5.74, 6) is 0.798. The lowest BCUT2D eigenvalue weighted by molar-refractivity contribution is -0.130. The van der Waals surface area contributed by atoms with E-state index in [0.29, 0.717) is 30.2 Å². The Kier molecular flexibility index (Phi) is 6.45. The Labute approximate surface area is 180 Å². The summed E-state index contributed by atoms with van der Waals surface area (Å²) in [6, 6.07) is 14.7. The third kappa shape index (κ3) is 4.71. The van der Waals surface area contributed by atoms with Crippen molar-refractivity contribution < 1.29 is 14.3 Å².